The predicted molar refractivity (Wildman–Crippen MR) is 66.6 cm³/mol. The highest BCUT2D eigenvalue weighted by Crippen LogP contribution is 2.22. The smallest absolute Gasteiger partial charge is 0.303 e. The first-order valence-electron chi connectivity index (χ1n) is 4.84. The Kier molecular flexibility index (Phi) is 5.05. The van der Waals surface area contributed by atoms with Crippen LogP contribution in [0.15, 0.2) is 28.7 Å². The van der Waals surface area contributed by atoms with Crippen LogP contribution in [0.1, 0.15) is 18.4 Å². The van der Waals surface area contributed by atoms with E-state index in [9.17, 15) is 4.79 Å². The molecule has 86 valence electrons. The summed E-state index contributed by atoms with van der Waals surface area (Å²) < 4.78 is 6.06. The number of methoxy groups -OCH3 is 1. The summed E-state index contributed by atoms with van der Waals surface area (Å²) in [6.07, 6.45) is 4.41. The summed E-state index contributed by atoms with van der Waals surface area (Å²) in [7, 11) is 1.61. The van der Waals surface area contributed by atoms with Gasteiger partial charge in [-0.1, -0.05) is 28.1 Å². The van der Waals surface area contributed by atoms with Crippen molar-refractivity contribution >= 4 is 28.0 Å². The standard InChI is InChI=1S/C12H13BrO3/c1-16-11-7-9(6-10(13)8-11)4-2-3-5-12(14)15/h2,4,6-8H,3,5H2,1H3,(H,14,15)/b4-2+. The third-order valence-corrected chi connectivity index (χ3v) is 2.42. The molecule has 3 nitrogen and oxygen atoms in total. The lowest BCUT2D eigenvalue weighted by molar-refractivity contribution is -0.136. The second-order valence-electron chi connectivity index (χ2n) is 3.26. The minimum atomic E-state index is -0.781. The molecule has 0 atom stereocenters. The van der Waals surface area contributed by atoms with Crippen molar-refractivity contribution in [1.82, 2.24) is 0 Å². The normalized spacial score (nSPS) is 10.6. The van der Waals surface area contributed by atoms with Crippen molar-refractivity contribution in [2.24, 2.45) is 0 Å². The Morgan fingerprint density at radius 3 is 2.88 bits per heavy atom. The zero-order chi connectivity index (χ0) is 12.0. The van der Waals surface area contributed by atoms with Gasteiger partial charge in [-0.2, -0.15) is 0 Å². The number of ether oxygens (including phenoxy) is 1. The van der Waals surface area contributed by atoms with Crippen LogP contribution in [0.4, 0.5) is 0 Å². The number of allylic oxidation sites excluding steroid dienone is 1. The van der Waals surface area contributed by atoms with Crippen LogP contribution < -0.4 is 4.74 Å². The molecular formula is C12H13BrO3. The number of rotatable bonds is 5. The molecule has 0 aliphatic carbocycles. The van der Waals surface area contributed by atoms with Crippen molar-refractivity contribution in [2.75, 3.05) is 7.11 Å². The fraction of sp³-hybridized carbons (Fsp3) is 0.250. The molecule has 0 aromatic heterocycles. The summed E-state index contributed by atoms with van der Waals surface area (Å²) in [5, 5.41) is 8.48. The topological polar surface area (TPSA) is 46.5 Å². The molecular weight excluding hydrogens is 272 g/mol. The van der Waals surface area contributed by atoms with Crippen molar-refractivity contribution in [3.63, 3.8) is 0 Å². The van der Waals surface area contributed by atoms with E-state index in [2.05, 4.69) is 15.9 Å². The van der Waals surface area contributed by atoms with Crippen LogP contribution in [0.2, 0.25) is 0 Å². The van der Waals surface area contributed by atoms with Crippen LogP contribution >= 0.6 is 15.9 Å². The van der Waals surface area contributed by atoms with Crippen LogP contribution in [0.25, 0.3) is 6.08 Å². The van der Waals surface area contributed by atoms with Gasteiger partial charge in [-0.3, -0.25) is 4.79 Å². The predicted octanol–water partition coefficient (Wildman–Crippen LogP) is 3.34. The van der Waals surface area contributed by atoms with E-state index in [-0.39, 0.29) is 6.42 Å². The molecule has 1 N–H and O–H groups in total. The van der Waals surface area contributed by atoms with Crippen LogP contribution in [0.5, 0.6) is 5.75 Å². The maximum atomic E-state index is 10.3. The molecule has 0 aliphatic heterocycles. The molecule has 0 saturated heterocycles. The molecule has 1 aromatic rings. The highest BCUT2D eigenvalue weighted by molar-refractivity contribution is 9.10. The largest absolute Gasteiger partial charge is 0.497 e. The molecule has 1 aromatic carbocycles. The first kappa shape index (κ1) is 12.8. The summed E-state index contributed by atoms with van der Waals surface area (Å²) in [5.41, 5.74) is 0.983. The Hall–Kier alpha value is -1.29. The Bertz CT molecular complexity index is 399. The molecule has 1 rings (SSSR count). The summed E-state index contributed by atoms with van der Waals surface area (Å²) >= 11 is 3.38. The first-order valence-corrected chi connectivity index (χ1v) is 5.64. The monoisotopic (exact) mass is 284 g/mol. The molecule has 0 fully saturated rings. The number of benzene rings is 1. The van der Waals surface area contributed by atoms with Crippen molar-refractivity contribution in [3.05, 3.63) is 34.3 Å². The van der Waals surface area contributed by atoms with E-state index in [1.165, 1.54) is 0 Å². The molecule has 0 amide bonds. The average molecular weight is 285 g/mol. The lowest BCUT2D eigenvalue weighted by atomic mass is 10.2. The quantitative estimate of drug-likeness (QED) is 0.902. The third-order valence-electron chi connectivity index (χ3n) is 1.96. The highest BCUT2D eigenvalue weighted by atomic mass is 79.9. The van der Waals surface area contributed by atoms with Crippen molar-refractivity contribution in [2.45, 2.75) is 12.8 Å². The Balaban J connectivity index is 2.65. The van der Waals surface area contributed by atoms with E-state index in [0.717, 1.165) is 15.8 Å². The number of hydrogen-bond donors (Lipinski definition) is 1. The van der Waals surface area contributed by atoms with Crippen molar-refractivity contribution in [1.29, 1.82) is 0 Å². The number of halogens is 1. The molecule has 0 saturated carbocycles. The molecule has 0 unspecified atom stereocenters. The SMILES string of the molecule is COc1cc(Br)cc(/C=C/CCC(=O)O)c1. The molecule has 0 aliphatic rings. The Labute approximate surface area is 103 Å². The molecule has 16 heavy (non-hydrogen) atoms. The van der Waals surface area contributed by atoms with Gasteiger partial charge in [0.2, 0.25) is 0 Å². The van der Waals surface area contributed by atoms with Gasteiger partial charge >= 0.3 is 5.97 Å². The first-order chi connectivity index (χ1) is 7.61. The van der Waals surface area contributed by atoms with E-state index < -0.39 is 5.97 Å². The van der Waals surface area contributed by atoms with Crippen LogP contribution in [-0.2, 0) is 4.79 Å². The number of carbonyl (C=O) groups is 1. The zero-order valence-electron chi connectivity index (χ0n) is 8.94. The van der Waals surface area contributed by atoms with Crippen LogP contribution in [-0.4, -0.2) is 18.2 Å². The maximum Gasteiger partial charge on any atom is 0.303 e. The number of carboxylic acid groups (broad SMARTS) is 1. The fourth-order valence-electron chi connectivity index (χ4n) is 1.22. The molecule has 4 heteroatoms. The van der Waals surface area contributed by atoms with Gasteiger partial charge in [0.25, 0.3) is 0 Å². The van der Waals surface area contributed by atoms with Gasteiger partial charge < -0.3 is 9.84 Å². The van der Waals surface area contributed by atoms with E-state index in [0.29, 0.717) is 6.42 Å². The van der Waals surface area contributed by atoms with Gasteiger partial charge in [-0.25, -0.2) is 0 Å². The van der Waals surface area contributed by atoms with E-state index in [1.807, 2.05) is 30.4 Å². The lowest BCUT2D eigenvalue weighted by Crippen LogP contribution is -1.91. The van der Waals surface area contributed by atoms with E-state index >= 15 is 0 Å². The molecule has 0 heterocycles. The molecule has 0 spiro atoms. The van der Waals surface area contributed by atoms with Gasteiger partial charge in [-0.15, -0.1) is 0 Å². The second-order valence-corrected chi connectivity index (χ2v) is 4.17. The van der Waals surface area contributed by atoms with E-state index in [4.69, 9.17) is 9.84 Å². The minimum absolute atomic E-state index is 0.154. The number of carboxylic acids is 1. The highest BCUT2D eigenvalue weighted by Gasteiger charge is 1.97. The van der Waals surface area contributed by atoms with Crippen LogP contribution in [0.3, 0.4) is 0 Å². The number of hydrogen-bond acceptors (Lipinski definition) is 2. The summed E-state index contributed by atoms with van der Waals surface area (Å²) in [6.45, 7) is 0. The van der Waals surface area contributed by atoms with Gasteiger partial charge in [0.05, 0.1) is 7.11 Å². The van der Waals surface area contributed by atoms with Crippen molar-refractivity contribution in [3.8, 4) is 5.75 Å². The van der Waals surface area contributed by atoms with Gasteiger partial charge in [0.15, 0.2) is 0 Å². The summed E-state index contributed by atoms with van der Waals surface area (Å²) in [5.74, 6) is -0.0104. The maximum absolute atomic E-state index is 10.3. The fourth-order valence-corrected chi connectivity index (χ4v) is 1.71. The summed E-state index contributed by atoms with van der Waals surface area (Å²) in [4.78, 5) is 10.3. The Morgan fingerprint density at radius 1 is 1.50 bits per heavy atom. The van der Waals surface area contributed by atoms with Crippen molar-refractivity contribution < 1.29 is 14.6 Å². The Morgan fingerprint density at radius 2 is 2.25 bits per heavy atom. The minimum Gasteiger partial charge on any atom is -0.497 e. The third kappa shape index (κ3) is 4.49. The van der Waals surface area contributed by atoms with E-state index in [1.54, 1.807) is 7.11 Å². The second kappa shape index (κ2) is 6.33. The van der Waals surface area contributed by atoms with Gasteiger partial charge in [0.1, 0.15) is 5.75 Å². The average Bonchev–Trinajstić information content (AvgIpc) is 2.23. The summed E-state index contributed by atoms with van der Waals surface area (Å²) in [6, 6.07) is 5.70. The molecule has 0 radical (unpaired) electrons. The van der Waals surface area contributed by atoms with Crippen LogP contribution in [0, 0.1) is 0 Å². The van der Waals surface area contributed by atoms with Gasteiger partial charge in [-0.05, 0) is 30.2 Å². The molecule has 0 bridgehead atoms. The van der Waals surface area contributed by atoms with Gasteiger partial charge in [0, 0.05) is 10.9 Å². The number of aliphatic carboxylic acids is 1. The zero-order valence-corrected chi connectivity index (χ0v) is 10.5. The lowest BCUT2D eigenvalue weighted by Gasteiger charge is -2.02.